The monoisotopic (exact) mass is 319 g/mol. The zero-order valence-corrected chi connectivity index (χ0v) is 12.6. The molecule has 1 aliphatic rings. The first-order valence-corrected chi connectivity index (χ1v) is 7.24. The second-order valence-electron chi connectivity index (χ2n) is 5.23. The van der Waals surface area contributed by atoms with E-state index in [2.05, 4.69) is 0 Å². The van der Waals surface area contributed by atoms with Crippen LogP contribution in [0.25, 0.3) is 0 Å². The molecule has 20 heavy (non-hydrogen) atoms. The minimum absolute atomic E-state index is 0.0297. The standard InChI is InChI=1S/C14H16Cl2FNO2/c1-8(10-4-13(17)12(16)5-11(10)15)18(7-14(19)20)6-9-2-3-9/h4-5,8-9H,2-3,6-7H2,1H3,(H,19,20). The Hall–Kier alpha value is -0.840. The smallest absolute Gasteiger partial charge is 0.317 e. The Morgan fingerprint density at radius 3 is 2.65 bits per heavy atom. The fourth-order valence-corrected chi connectivity index (χ4v) is 2.76. The summed E-state index contributed by atoms with van der Waals surface area (Å²) >= 11 is 11.8. The highest BCUT2D eigenvalue weighted by molar-refractivity contribution is 6.35. The van der Waals surface area contributed by atoms with Crippen molar-refractivity contribution < 1.29 is 14.3 Å². The highest BCUT2D eigenvalue weighted by Gasteiger charge is 2.29. The summed E-state index contributed by atoms with van der Waals surface area (Å²) in [6.07, 6.45) is 2.23. The maximum absolute atomic E-state index is 13.6. The van der Waals surface area contributed by atoms with Crippen molar-refractivity contribution in [3.63, 3.8) is 0 Å². The first-order valence-electron chi connectivity index (χ1n) is 6.48. The normalized spacial score (nSPS) is 16.4. The number of carbonyl (C=O) groups is 1. The molecule has 1 unspecified atom stereocenters. The molecule has 3 nitrogen and oxygen atoms in total. The van der Waals surface area contributed by atoms with Crippen molar-refractivity contribution >= 4 is 29.2 Å². The van der Waals surface area contributed by atoms with Crippen LogP contribution in [0.4, 0.5) is 4.39 Å². The molecule has 110 valence electrons. The van der Waals surface area contributed by atoms with Crippen molar-refractivity contribution in [2.75, 3.05) is 13.1 Å². The predicted molar refractivity (Wildman–Crippen MR) is 76.8 cm³/mol. The summed E-state index contributed by atoms with van der Waals surface area (Å²) in [5.41, 5.74) is 0.565. The van der Waals surface area contributed by atoms with E-state index in [1.54, 1.807) is 0 Å². The van der Waals surface area contributed by atoms with Crippen LogP contribution in [-0.2, 0) is 4.79 Å². The van der Waals surface area contributed by atoms with Gasteiger partial charge in [-0.05, 0) is 43.4 Å². The highest BCUT2D eigenvalue weighted by Crippen LogP contribution is 2.35. The third kappa shape index (κ3) is 3.84. The molecular weight excluding hydrogens is 304 g/mol. The van der Waals surface area contributed by atoms with E-state index >= 15 is 0 Å². The highest BCUT2D eigenvalue weighted by atomic mass is 35.5. The van der Waals surface area contributed by atoms with Crippen LogP contribution in [0.1, 0.15) is 31.4 Å². The molecule has 1 N–H and O–H groups in total. The number of aliphatic carboxylic acids is 1. The molecule has 1 aliphatic carbocycles. The van der Waals surface area contributed by atoms with Crippen molar-refractivity contribution in [2.45, 2.75) is 25.8 Å². The predicted octanol–water partition coefficient (Wildman–Crippen LogP) is 3.99. The maximum atomic E-state index is 13.6. The third-order valence-corrected chi connectivity index (χ3v) is 4.18. The number of halogens is 3. The fraction of sp³-hybridized carbons (Fsp3) is 0.500. The molecule has 0 saturated heterocycles. The number of benzene rings is 1. The number of hydrogen-bond donors (Lipinski definition) is 1. The Morgan fingerprint density at radius 2 is 2.10 bits per heavy atom. The van der Waals surface area contributed by atoms with E-state index < -0.39 is 11.8 Å². The van der Waals surface area contributed by atoms with Gasteiger partial charge in [0.2, 0.25) is 0 Å². The zero-order chi connectivity index (χ0) is 14.9. The number of rotatable bonds is 6. The summed E-state index contributed by atoms with van der Waals surface area (Å²) in [5, 5.41) is 9.34. The lowest BCUT2D eigenvalue weighted by molar-refractivity contribution is -0.139. The lowest BCUT2D eigenvalue weighted by atomic mass is 10.1. The molecule has 2 rings (SSSR count). The molecule has 0 radical (unpaired) electrons. The molecule has 1 atom stereocenters. The van der Waals surface area contributed by atoms with Crippen molar-refractivity contribution in [2.24, 2.45) is 5.92 Å². The first kappa shape index (κ1) is 15.5. The van der Waals surface area contributed by atoms with Gasteiger partial charge in [0.15, 0.2) is 0 Å². The molecule has 6 heteroatoms. The van der Waals surface area contributed by atoms with Crippen molar-refractivity contribution in [3.05, 3.63) is 33.6 Å². The molecule has 1 aromatic rings. The quantitative estimate of drug-likeness (QED) is 0.806. The molecule has 0 amide bonds. The average molecular weight is 320 g/mol. The van der Waals surface area contributed by atoms with E-state index in [0.717, 1.165) is 12.8 Å². The van der Waals surface area contributed by atoms with Gasteiger partial charge in [0.1, 0.15) is 5.82 Å². The molecule has 1 fully saturated rings. The van der Waals surface area contributed by atoms with Crippen LogP contribution in [0.3, 0.4) is 0 Å². The van der Waals surface area contributed by atoms with Gasteiger partial charge in [-0.15, -0.1) is 0 Å². The Labute approximate surface area is 127 Å². The lowest BCUT2D eigenvalue weighted by Crippen LogP contribution is -2.34. The first-order chi connectivity index (χ1) is 9.38. The lowest BCUT2D eigenvalue weighted by Gasteiger charge is -2.28. The Bertz CT molecular complexity index is 520. The molecule has 0 spiro atoms. The molecule has 0 heterocycles. The second-order valence-corrected chi connectivity index (χ2v) is 6.04. The molecule has 0 aromatic heterocycles. The molecular formula is C14H16Cl2FNO2. The van der Waals surface area contributed by atoms with Crippen LogP contribution < -0.4 is 0 Å². The molecule has 0 aliphatic heterocycles. The van der Waals surface area contributed by atoms with Crippen LogP contribution in [0.15, 0.2) is 12.1 Å². The van der Waals surface area contributed by atoms with E-state index in [4.69, 9.17) is 28.3 Å². The summed E-state index contributed by atoms with van der Waals surface area (Å²) in [7, 11) is 0. The summed E-state index contributed by atoms with van der Waals surface area (Å²) in [6.45, 7) is 2.44. The van der Waals surface area contributed by atoms with E-state index in [0.29, 0.717) is 23.0 Å². The van der Waals surface area contributed by atoms with Gasteiger partial charge < -0.3 is 5.11 Å². The Morgan fingerprint density at radius 1 is 1.45 bits per heavy atom. The average Bonchev–Trinajstić information content (AvgIpc) is 3.15. The fourth-order valence-electron chi connectivity index (χ4n) is 2.22. The summed E-state index contributed by atoms with van der Waals surface area (Å²) < 4.78 is 13.6. The van der Waals surface area contributed by atoms with Gasteiger partial charge >= 0.3 is 5.97 Å². The van der Waals surface area contributed by atoms with E-state index in [-0.39, 0.29) is 17.6 Å². The van der Waals surface area contributed by atoms with Gasteiger partial charge in [0.05, 0.1) is 11.6 Å². The number of carboxylic acids is 1. The maximum Gasteiger partial charge on any atom is 0.317 e. The summed E-state index contributed by atoms with van der Waals surface area (Å²) in [4.78, 5) is 12.8. The Balaban J connectivity index is 2.22. The zero-order valence-electron chi connectivity index (χ0n) is 11.1. The SMILES string of the molecule is CC(c1cc(F)c(Cl)cc1Cl)N(CC(=O)O)CC1CC1. The molecule has 1 aromatic carbocycles. The number of carboxylic acid groups (broad SMARTS) is 1. The van der Waals surface area contributed by atoms with Crippen molar-refractivity contribution in [1.82, 2.24) is 4.90 Å². The van der Waals surface area contributed by atoms with Gasteiger partial charge in [-0.1, -0.05) is 23.2 Å². The minimum Gasteiger partial charge on any atom is -0.480 e. The van der Waals surface area contributed by atoms with Gasteiger partial charge in [0, 0.05) is 17.6 Å². The van der Waals surface area contributed by atoms with Crippen LogP contribution in [-0.4, -0.2) is 29.1 Å². The van der Waals surface area contributed by atoms with E-state index in [1.165, 1.54) is 12.1 Å². The largest absolute Gasteiger partial charge is 0.480 e. The second kappa shape index (κ2) is 6.29. The summed E-state index contributed by atoms with van der Waals surface area (Å²) in [6, 6.07) is 2.38. The summed E-state index contributed by atoms with van der Waals surface area (Å²) in [5.74, 6) is -0.907. The van der Waals surface area contributed by atoms with Crippen LogP contribution >= 0.6 is 23.2 Å². The van der Waals surface area contributed by atoms with Crippen LogP contribution in [0.5, 0.6) is 0 Å². The molecule has 1 saturated carbocycles. The van der Waals surface area contributed by atoms with E-state index in [9.17, 15) is 9.18 Å². The van der Waals surface area contributed by atoms with Crippen molar-refractivity contribution in [3.8, 4) is 0 Å². The minimum atomic E-state index is -0.900. The topological polar surface area (TPSA) is 40.5 Å². The van der Waals surface area contributed by atoms with Crippen LogP contribution in [0.2, 0.25) is 10.0 Å². The van der Waals surface area contributed by atoms with Gasteiger partial charge in [0.25, 0.3) is 0 Å². The van der Waals surface area contributed by atoms with Gasteiger partial charge in [-0.3, -0.25) is 9.69 Å². The van der Waals surface area contributed by atoms with Gasteiger partial charge in [-0.25, -0.2) is 4.39 Å². The van der Waals surface area contributed by atoms with Crippen molar-refractivity contribution in [1.29, 1.82) is 0 Å². The van der Waals surface area contributed by atoms with E-state index in [1.807, 2.05) is 11.8 Å². The number of nitrogens with zero attached hydrogens (tertiary/aromatic N) is 1. The molecule has 0 bridgehead atoms. The van der Waals surface area contributed by atoms with Crippen LogP contribution in [0, 0.1) is 11.7 Å². The third-order valence-electron chi connectivity index (χ3n) is 3.57. The Kier molecular flexibility index (Phi) is 4.89. The number of hydrogen-bond acceptors (Lipinski definition) is 2. The van der Waals surface area contributed by atoms with Gasteiger partial charge in [-0.2, -0.15) is 0 Å².